The summed E-state index contributed by atoms with van der Waals surface area (Å²) in [5.74, 6) is 1.61. The van der Waals surface area contributed by atoms with Gasteiger partial charge >= 0.3 is 6.09 Å². The topological polar surface area (TPSA) is 38.3 Å². The Hall–Kier alpha value is -1.22. The Morgan fingerprint density at radius 3 is 2.57 bits per heavy atom. The monoisotopic (exact) mass is 309 g/mol. The van der Waals surface area contributed by atoms with Crippen LogP contribution in [0, 0.1) is 17.8 Å². The molecule has 4 heteroatoms. The van der Waals surface area contributed by atoms with Crippen LogP contribution in [0.1, 0.15) is 40.0 Å². The van der Waals surface area contributed by atoms with E-state index in [1.54, 1.807) is 24.3 Å². The van der Waals surface area contributed by atoms with Gasteiger partial charge in [0.2, 0.25) is 0 Å². The minimum absolute atomic E-state index is 0.0149. The van der Waals surface area contributed by atoms with Crippen LogP contribution in [0.15, 0.2) is 24.3 Å². The molecular weight excluding hydrogens is 286 g/mol. The lowest BCUT2D eigenvalue weighted by atomic mass is 9.75. The molecule has 0 bridgehead atoms. The van der Waals surface area contributed by atoms with E-state index in [2.05, 4.69) is 26.1 Å². The molecule has 3 nitrogen and oxygen atoms in total. The van der Waals surface area contributed by atoms with Crippen LogP contribution in [0.25, 0.3) is 0 Å². The number of nitrogens with one attached hydrogen (secondary N) is 1. The summed E-state index contributed by atoms with van der Waals surface area (Å²) in [6.45, 7) is 6.63. The van der Waals surface area contributed by atoms with Crippen molar-refractivity contribution in [3.8, 4) is 0 Å². The summed E-state index contributed by atoms with van der Waals surface area (Å²) in [7, 11) is 0. The molecule has 3 atom stereocenters. The zero-order chi connectivity index (χ0) is 15.4. The Balaban J connectivity index is 1.94. The van der Waals surface area contributed by atoms with Crippen molar-refractivity contribution >= 4 is 23.4 Å². The van der Waals surface area contributed by atoms with Crippen molar-refractivity contribution in [2.45, 2.75) is 46.1 Å². The van der Waals surface area contributed by atoms with E-state index in [0.29, 0.717) is 28.5 Å². The maximum Gasteiger partial charge on any atom is 0.411 e. The minimum Gasteiger partial charge on any atom is -0.446 e. The number of carbonyl (C=O) groups is 1. The van der Waals surface area contributed by atoms with E-state index in [0.717, 1.165) is 12.8 Å². The zero-order valence-electron chi connectivity index (χ0n) is 12.9. The first-order valence-corrected chi connectivity index (χ1v) is 8.06. The number of halogens is 1. The highest BCUT2D eigenvalue weighted by molar-refractivity contribution is 6.30. The summed E-state index contributed by atoms with van der Waals surface area (Å²) in [5.41, 5.74) is 0.703. The summed E-state index contributed by atoms with van der Waals surface area (Å²) in [6.07, 6.45) is 2.96. The van der Waals surface area contributed by atoms with Gasteiger partial charge < -0.3 is 4.74 Å². The second kappa shape index (κ2) is 7.17. The van der Waals surface area contributed by atoms with E-state index < -0.39 is 0 Å². The number of rotatable bonds is 3. The van der Waals surface area contributed by atoms with E-state index in [-0.39, 0.29) is 12.2 Å². The number of benzene rings is 1. The van der Waals surface area contributed by atoms with E-state index in [9.17, 15) is 4.79 Å². The van der Waals surface area contributed by atoms with Gasteiger partial charge in [0.05, 0.1) is 0 Å². The molecular formula is C17H24ClNO2. The Bertz CT molecular complexity index is 472. The fourth-order valence-electron chi connectivity index (χ4n) is 3.07. The Kier molecular flexibility index (Phi) is 5.51. The van der Waals surface area contributed by atoms with Gasteiger partial charge in [-0.2, -0.15) is 0 Å². The standard InChI is InChI=1S/C17H24ClNO2/c1-11(2)15-9-4-12(3)10-16(15)21-17(20)19-14-7-5-13(18)6-8-14/h5-8,11-12,15-16H,4,9-10H2,1-3H3,(H,19,20)/t12-,15-,16+/m1/s1. The molecule has 1 aliphatic carbocycles. The van der Waals surface area contributed by atoms with Gasteiger partial charge in [-0.15, -0.1) is 0 Å². The maximum atomic E-state index is 12.1. The largest absolute Gasteiger partial charge is 0.446 e. The van der Waals surface area contributed by atoms with Gasteiger partial charge in [0.25, 0.3) is 0 Å². The van der Waals surface area contributed by atoms with Crippen LogP contribution in [-0.4, -0.2) is 12.2 Å². The molecule has 1 aromatic rings. The fraction of sp³-hybridized carbons (Fsp3) is 0.588. The highest BCUT2D eigenvalue weighted by atomic mass is 35.5. The van der Waals surface area contributed by atoms with Crippen molar-refractivity contribution in [2.75, 3.05) is 5.32 Å². The van der Waals surface area contributed by atoms with Crippen molar-refractivity contribution in [3.05, 3.63) is 29.3 Å². The highest BCUT2D eigenvalue weighted by Crippen LogP contribution is 2.35. The van der Waals surface area contributed by atoms with E-state index in [4.69, 9.17) is 16.3 Å². The molecule has 1 N–H and O–H groups in total. The summed E-state index contributed by atoms with van der Waals surface area (Å²) in [6, 6.07) is 7.04. The predicted molar refractivity (Wildman–Crippen MR) is 86.7 cm³/mol. The third-order valence-electron chi connectivity index (χ3n) is 4.31. The Labute approximate surface area is 132 Å². The molecule has 0 aliphatic heterocycles. The van der Waals surface area contributed by atoms with Crippen molar-refractivity contribution in [3.63, 3.8) is 0 Å². The van der Waals surface area contributed by atoms with Crippen LogP contribution < -0.4 is 5.32 Å². The van der Waals surface area contributed by atoms with Crippen LogP contribution in [0.2, 0.25) is 5.02 Å². The summed E-state index contributed by atoms with van der Waals surface area (Å²) < 4.78 is 5.69. The molecule has 21 heavy (non-hydrogen) atoms. The summed E-state index contributed by atoms with van der Waals surface area (Å²) in [5, 5.41) is 3.42. The van der Waals surface area contributed by atoms with Gasteiger partial charge in [0.15, 0.2) is 0 Å². The average molecular weight is 310 g/mol. The van der Waals surface area contributed by atoms with Gasteiger partial charge in [-0.05, 0) is 54.9 Å². The Morgan fingerprint density at radius 2 is 1.95 bits per heavy atom. The van der Waals surface area contributed by atoms with Gasteiger partial charge in [0, 0.05) is 10.7 Å². The van der Waals surface area contributed by atoms with Crippen LogP contribution >= 0.6 is 11.6 Å². The molecule has 0 spiro atoms. The smallest absolute Gasteiger partial charge is 0.411 e. The first-order chi connectivity index (χ1) is 9.95. The van der Waals surface area contributed by atoms with Crippen LogP contribution in [-0.2, 0) is 4.74 Å². The lowest BCUT2D eigenvalue weighted by Crippen LogP contribution is -2.36. The number of carbonyl (C=O) groups excluding carboxylic acids is 1. The molecule has 1 amide bonds. The molecule has 0 aromatic heterocycles. The SMILES string of the molecule is CC(C)[C@H]1CC[C@@H](C)C[C@@H]1OC(=O)Nc1ccc(Cl)cc1. The van der Waals surface area contributed by atoms with Gasteiger partial charge in [-0.1, -0.05) is 38.8 Å². The second-order valence-electron chi connectivity index (χ2n) is 6.40. The third kappa shape index (κ3) is 4.63. The van der Waals surface area contributed by atoms with Crippen LogP contribution in [0.4, 0.5) is 10.5 Å². The van der Waals surface area contributed by atoms with Gasteiger partial charge in [-0.25, -0.2) is 4.79 Å². The molecule has 0 unspecified atom stereocenters. The number of anilines is 1. The average Bonchev–Trinajstić information content (AvgIpc) is 2.41. The predicted octanol–water partition coefficient (Wildman–Crippen LogP) is 5.35. The lowest BCUT2D eigenvalue weighted by molar-refractivity contribution is 0.0126. The molecule has 0 saturated heterocycles. The third-order valence-corrected chi connectivity index (χ3v) is 4.56. The maximum absolute atomic E-state index is 12.1. The quantitative estimate of drug-likeness (QED) is 0.817. The summed E-state index contributed by atoms with van der Waals surface area (Å²) in [4.78, 5) is 12.1. The van der Waals surface area contributed by atoms with Crippen molar-refractivity contribution in [1.82, 2.24) is 0 Å². The Morgan fingerprint density at radius 1 is 1.29 bits per heavy atom. The van der Waals surface area contributed by atoms with Crippen molar-refractivity contribution in [2.24, 2.45) is 17.8 Å². The molecule has 116 valence electrons. The fourth-order valence-corrected chi connectivity index (χ4v) is 3.19. The lowest BCUT2D eigenvalue weighted by Gasteiger charge is -2.36. The van der Waals surface area contributed by atoms with E-state index in [1.165, 1.54) is 6.42 Å². The van der Waals surface area contributed by atoms with Gasteiger partial charge in [0.1, 0.15) is 6.10 Å². The number of hydrogen-bond acceptors (Lipinski definition) is 2. The van der Waals surface area contributed by atoms with Crippen molar-refractivity contribution < 1.29 is 9.53 Å². The first-order valence-electron chi connectivity index (χ1n) is 7.69. The van der Waals surface area contributed by atoms with E-state index >= 15 is 0 Å². The molecule has 1 aromatic carbocycles. The molecule has 0 heterocycles. The normalized spacial score (nSPS) is 25.7. The second-order valence-corrected chi connectivity index (χ2v) is 6.84. The minimum atomic E-state index is -0.373. The summed E-state index contributed by atoms with van der Waals surface area (Å²) >= 11 is 5.83. The number of ether oxygens (including phenoxy) is 1. The van der Waals surface area contributed by atoms with Crippen molar-refractivity contribution in [1.29, 1.82) is 0 Å². The highest BCUT2D eigenvalue weighted by Gasteiger charge is 2.33. The zero-order valence-corrected chi connectivity index (χ0v) is 13.7. The molecule has 1 fully saturated rings. The molecule has 1 aliphatic rings. The molecule has 0 radical (unpaired) electrons. The van der Waals surface area contributed by atoms with E-state index in [1.807, 2.05) is 0 Å². The first kappa shape index (κ1) is 16.2. The van der Waals surface area contributed by atoms with Crippen LogP contribution in [0.3, 0.4) is 0 Å². The molecule has 2 rings (SSSR count). The number of amides is 1. The number of hydrogen-bond donors (Lipinski definition) is 1. The van der Waals surface area contributed by atoms with Crippen LogP contribution in [0.5, 0.6) is 0 Å². The molecule has 1 saturated carbocycles. The van der Waals surface area contributed by atoms with Gasteiger partial charge in [-0.3, -0.25) is 5.32 Å².